The van der Waals surface area contributed by atoms with Gasteiger partial charge in [-0.1, -0.05) is 35.3 Å². The second-order valence-electron chi connectivity index (χ2n) is 6.29. The van der Waals surface area contributed by atoms with E-state index in [0.29, 0.717) is 44.4 Å². The van der Waals surface area contributed by atoms with Gasteiger partial charge in [-0.2, -0.15) is 4.98 Å². The molecule has 1 aliphatic heterocycles. The monoisotopic (exact) mass is 442 g/mol. The number of carbonyl (C=O) groups is 1. The molecule has 0 aliphatic carbocycles. The van der Waals surface area contributed by atoms with Gasteiger partial charge < -0.3 is 15.4 Å². The minimum Gasteiger partial charge on any atom is -0.431 e. The van der Waals surface area contributed by atoms with Crippen LogP contribution in [0.3, 0.4) is 0 Å². The maximum absolute atomic E-state index is 11.8. The Balaban J connectivity index is 1.61. The number of rotatable bonds is 4. The fourth-order valence-corrected chi connectivity index (χ4v) is 3.41. The van der Waals surface area contributed by atoms with Crippen LogP contribution >= 0.6 is 23.2 Å². The smallest absolute Gasteiger partial charge is 0.251 e. The lowest BCUT2D eigenvalue weighted by atomic mass is 10.2. The molecule has 10 heteroatoms. The lowest BCUT2D eigenvalue weighted by Crippen LogP contribution is -2.26. The van der Waals surface area contributed by atoms with Gasteiger partial charge in [-0.3, -0.25) is 4.79 Å². The highest BCUT2D eigenvalue weighted by atomic mass is 35.5. The minimum absolute atomic E-state index is 0.182. The molecule has 2 heterocycles. The number of hydrazone groups is 1. The Morgan fingerprint density at radius 3 is 2.60 bits per heavy atom. The van der Waals surface area contributed by atoms with Crippen molar-refractivity contribution in [2.75, 3.05) is 24.4 Å². The molecule has 152 valence electrons. The highest BCUT2D eigenvalue weighted by molar-refractivity contribution is 6.39. The minimum atomic E-state index is -0.182. The van der Waals surface area contributed by atoms with E-state index in [1.165, 1.54) is 6.20 Å². The number of anilines is 3. The third kappa shape index (κ3) is 3.87. The van der Waals surface area contributed by atoms with E-state index >= 15 is 0 Å². The highest BCUT2D eigenvalue weighted by Crippen LogP contribution is 2.34. The number of amides is 1. The highest BCUT2D eigenvalue weighted by Gasteiger charge is 2.25. The van der Waals surface area contributed by atoms with Crippen molar-refractivity contribution in [3.05, 3.63) is 69.8 Å². The number of halogens is 2. The Labute approximate surface area is 182 Å². The Morgan fingerprint density at radius 1 is 1.13 bits per heavy atom. The van der Waals surface area contributed by atoms with Crippen LogP contribution in [0.25, 0.3) is 0 Å². The zero-order chi connectivity index (χ0) is 21.3. The number of benzene rings is 2. The van der Waals surface area contributed by atoms with Gasteiger partial charge in [-0.25, -0.2) is 9.99 Å². The van der Waals surface area contributed by atoms with Crippen molar-refractivity contribution in [2.24, 2.45) is 5.10 Å². The largest absolute Gasteiger partial charge is 0.431 e. The molecule has 0 unspecified atom stereocenters. The second kappa shape index (κ2) is 8.17. The number of ether oxygens (including phenoxy) is 1. The second-order valence-corrected chi connectivity index (χ2v) is 7.11. The maximum atomic E-state index is 11.8. The number of hydrogen-bond donors (Lipinski definition) is 2. The summed E-state index contributed by atoms with van der Waals surface area (Å²) >= 11 is 12.5. The SMILES string of the molecule is CNC(=O)c1cccc(Nc2ncc3c(n2)N(C)N=C(c2c(Cl)cccc2Cl)O3)c1. The molecule has 1 aliphatic rings. The molecule has 0 fully saturated rings. The summed E-state index contributed by atoms with van der Waals surface area (Å²) in [6.45, 7) is 0. The number of carbonyl (C=O) groups excluding carboxylic acids is 1. The van der Waals surface area contributed by atoms with E-state index in [4.69, 9.17) is 27.9 Å². The first kappa shape index (κ1) is 19.9. The lowest BCUT2D eigenvalue weighted by molar-refractivity contribution is 0.0963. The van der Waals surface area contributed by atoms with Crippen molar-refractivity contribution >= 4 is 52.5 Å². The molecule has 0 radical (unpaired) electrons. The molecule has 1 aromatic heterocycles. The molecular formula is C20H16Cl2N6O2. The molecule has 8 nitrogen and oxygen atoms in total. The van der Waals surface area contributed by atoms with Crippen LogP contribution in [-0.4, -0.2) is 35.9 Å². The Bertz CT molecular complexity index is 1150. The molecular weight excluding hydrogens is 427 g/mol. The van der Waals surface area contributed by atoms with Crippen LogP contribution in [0.2, 0.25) is 10.0 Å². The number of aromatic nitrogens is 2. The van der Waals surface area contributed by atoms with Crippen LogP contribution in [-0.2, 0) is 0 Å². The quantitative estimate of drug-likeness (QED) is 0.632. The van der Waals surface area contributed by atoms with Crippen LogP contribution in [0.4, 0.5) is 17.5 Å². The van der Waals surface area contributed by atoms with Crippen molar-refractivity contribution in [2.45, 2.75) is 0 Å². The van der Waals surface area contributed by atoms with Gasteiger partial charge in [0, 0.05) is 25.3 Å². The van der Waals surface area contributed by atoms with Crippen molar-refractivity contribution in [1.82, 2.24) is 15.3 Å². The third-order valence-electron chi connectivity index (χ3n) is 4.27. The summed E-state index contributed by atoms with van der Waals surface area (Å²) in [5.41, 5.74) is 1.68. The summed E-state index contributed by atoms with van der Waals surface area (Å²) in [6, 6.07) is 12.2. The fourth-order valence-electron chi connectivity index (χ4n) is 2.85. The van der Waals surface area contributed by atoms with E-state index in [9.17, 15) is 4.79 Å². The average molecular weight is 443 g/mol. The molecule has 0 atom stereocenters. The first-order chi connectivity index (χ1) is 14.5. The molecule has 0 spiro atoms. The van der Waals surface area contributed by atoms with E-state index in [2.05, 4.69) is 25.7 Å². The van der Waals surface area contributed by atoms with Crippen molar-refractivity contribution in [3.63, 3.8) is 0 Å². The summed E-state index contributed by atoms with van der Waals surface area (Å²) in [6.07, 6.45) is 1.53. The number of hydrogen-bond acceptors (Lipinski definition) is 7. The molecule has 0 saturated heterocycles. The summed E-state index contributed by atoms with van der Waals surface area (Å²) in [4.78, 5) is 20.6. The van der Waals surface area contributed by atoms with E-state index in [0.717, 1.165) is 0 Å². The van der Waals surface area contributed by atoms with E-state index in [1.807, 2.05) is 6.07 Å². The molecule has 2 N–H and O–H groups in total. The van der Waals surface area contributed by atoms with Crippen LogP contribution in [0.15, 0.2) is 53.8 Å². The van der Waals surface area contributed by atoms with Gasteiger partial charge >= 0.3 is 0 Å². The van der Waals surface area contributed by atoms with Gasteiger partial charge in [-0.15, -0.1) is 5.10 Å². The number of nitrogens with zero attached hydrogens (tertiary/aromatic N) is 4. The van der Waals surface area contributed by atoms with E-state index < -0.39 is 0 Å². The van der Waals surface area contributed by atoms with Crippen LogP contribution in [0.5, 0.6) is 5.75 Å². The predicted octanol–water partition coefficient (Wildman–Crippen LogP) is 4.08. The fraction of sp³-hybridized carbons (Fsp3) is 0.100. The number of nitrogens with one attached hydrogen (secondary N) is 2. The predicted molar refractivity (Wildman–Crippen MR) is 117 cm³/mol. The van der Waals surface area contributed by atoms with Crippen molar-refractivity contribution in [1.29, 1.82) is 0 Å². The van der Waals surface area contributed by atoms with Crippen LogP contribution in [0.1, 0.15) is 15.9 Å². The van der Waals surface area contributed by atoms with Gasteiger partial charge in [-0.05, 0) is 30.3 Å². The summed E-state index contributed by atoms with van der Waals surface area (Å²) < 4.78 is 5.85. The Kier molecular flexibility index (Phi) is 5.43. The Hall–Kier alpha value is -3.36. The number of fused-ring (bicyclic) bond motifs is 1. The molecule has 4 rings (SSSR count). The molecule has 0 bridgehead atoms. The van der Waals surface area contributed by atoms with Gasteiger partial charge in [0.25, 0.3) is 5.91 Å². The van der Waals surface area contributed by atoms with Crippen molar-refractivity contribution in [3.8, 4) is 5.75 Å². The maximum Gasteiger partial charge on any atom is 0.251 e. The van der Waals surface area contributed by atoms with Gasteiger partial charge in [0.2, 0.25) is 11.8 Å². The van der Waals surface area contributed by atoms with Crippen LogP contribution < -0.4 is 20.4 Å². The van der Waals surface area contributed by atoms with Gasteiger partial charge in [0.1, 0.15) is 0 Å². The van der Waals surface area contributed by atoms with E-state index in [-0.39, 0.29) is 11.8 Å². The van der Waals surface area contributed by atoms with E-state index in [1.54, 1.807) is 55.5 Å². The van der Waals surface area contributed by atoms with Gasteiger partial charge in [0.05, 0.1) is 21.8 Å². The lowest BCUT2D eigenvalue weighted by Gasteiger charge is -2.24. The average Bonchev–Trinajstić information content (AvgIpc) is 2.74. The van der Waals surface area contributed by atoms with Crippen LogP contribution in [0, 0.1) is 0 Å². The first-order valence-corrected chi connectivity index (χ1v) is 9.62. The molecule has 3 aromatic rings. The zero-order valence-electron chi connectivity index (χ0n) is 16.0. The summed E-state index contributed by atoms with van der Waals surface area (Å²) in [5.74, 6) is 1.26. The summed E-state index contributed by atoms with van der Waals surface area (Å²) in [5, 5.41) is 12.5. The standard InChI is InChI=1S/C20H16Cl2N6O2/c1-23-18(29)11-5-3-6-12(9-11)25-20-24-10-15-17(26-20)28(2)27-19(30-15)16-13(21)7-4-8-14(16)22/h3-10H,1-2H3,(H,23,29)(H,24,25,26). The molecule has 1 amide bonds. The zero-order valence-corrected chi connectivity index (χ0v) is 17.5. The normalized spacial score (nSPS) is 12.5. The Morgan fingerprint density at radius 2 is 1.87 bits per heavy atom. The molecule has 30 heavy (non-hydrogen) atoms. The summed E-state index contributed by atoms with van der Waals surface area (Å²) in [7, 11) is 3.31. The van der Waals surface area contributed by atoms with Gasteiger partial charge in [0.15, 0.2) is 11.6 Å². The first-order valence-electron chi connectivity index (χ1n) is 8.87. The van der Waals surface area contributed by atoms with Crippen molar-refractivity contribution < 1.29 is 9.53 Å². The molecule has 0 saturated carbocycles. The third-order valence-corrected chi connectivity index (χ3v) is 4.90. The topological polar surface area (TPSA) is 91.7 Å². The molecule has 2 aromatic carbocycles.